The number of hydrogen-bond donors (Lipinski definition) is 1. The molecular weight excluding hydrogens is 312 g/mol. The standard InChI is InChI=1S/C18H19ClN2O2/c19-15-3-1-14(2-4-15)18(7-9-22-10-8-18)13-21-12-17-6-5-16(11-20)23-17/h1-6,21H,7-10,12-13H2. The van der Waals surface area contributed by atoms with Gasteiger partial charge in [-0.1, -0.05) is 23.7 Å². The van der Waals surface area contributed by atoms with Gasteiger partial charge in [0.1, 0.15) is 11.8 Å². The van der Waals surface area contributed by atoms with Crippen LogP contribution in [0.25, 0.3) is 0 Å². The topological polar surface area (TPSA) is 58.2 Å². The van der Waals surface area contributed by atoms with Crippen LogP contribution in [0.1, 0.15) is 29.9 Å². The average Bonchev–Trinajstić information content (AvgIpc) is 3.04. The summed E-state index contributed by atoms with van der Waals surface area (Å²) in [6.45, 7) is 2.98. The van der Waals surface area contributed by atoms with Gasteiger partial charge in [-0.15, -0.1) is 0 Å². The first-order chi connectivity index (χ1) is 11.2. The molecular formula is C18H19ClN2O2. The van der Waals surface area contributed by atoms with E-state index in [4.69, 9.17) is 26.0 Å². The predicted octanol–water partition coefficient (Wildman–Crippen LogP) is 3.64. The Bertz CT molecular complexity index is 682. The van der Waals surface area contributed by atoms with Crippen molar-refractivity contribution in [3.63, 3.8) is 0 Å². The number of ether oxygens (including phenoxy) is 1. The molecule has 0 radical (unpaired) electrons. The molecule has 0 spiro atoms. The van der Waals surface area contributed by atoms with Crippen molar-refractivity contribution in [1.82, 2.24) is 5.32 Å². The van der Waals surface area contributed by atoms with Crippen molar-refractivity contribution >= 4 is 11.6 Å². The molecule has 1 aliphatic rings. The second-order valence-corrected chi connectivity index (χ2v) is 6.32. The van der Waals surface area contributed by atoms with Gasteiger partial charge in [0.05, 0.1) is 6.54 Å². The summed E-state index contributed by atoms with van der Waals surface area (Å²) >= 11 is 6.02. The number of benzene rings is 1. The Morgan fingerprint density at radius 2 is 1.87 bits per heavy atom. The van der Waals surface area contributed by atoms with E-state index in [1.54, 1.807) is 6.07 Å². The maximum absolute atomic E-state index is 8.80. The van der Waals surface area contributed by atoms with Gasteiger partial charge in [0.15, 0.2) is 0 Å². The van der Waals surface area contributed by atoms with Gasteiger partial charge in [0, 0.05) is 30.2 Å². The monoisotopic (exact) mass is 330 g/mol. The van der Waals surface area contributed by atoms with Crippen LogP contribution in [0.5, 0.6) is 0 Å². The number of halogens is 1. The summed E-state index contributed by atoms with van der Waals surface area (Å²) in [6.07, 6.45) is 1.95. The van der Waals surface area contributed by atoms with Crippen molar-refractivity contribution in [2.24, 2.45) is 0 Å². The van der Waals surface area contributed by atoms with E-state index in [0.29, 0.717) is 12.3 Å². The zero-order valence-corrected chi connectivity index (χ0v) is 13.6. The van der Waals surface area contributed by atoms with Gasteiger partial charge in [-0.2, -0.15) is 5.26 Å². The van der Waals surface area contributed by atoms with Crippen LogP contribution >= 0.6 is 11.6 Å². The van der Waals surface area contributed by atoms with Crippen LogP contribution in [0.4, 0.5) is 0 Å². The molecule has 0 aliphatic carbocycles. The lowest BCUT2D eigenvalue weighted by atomic mass is 9.74. The van der Waals surface area contributed by atoms with Crippen LogP contribution in [0.15, 0.2) is 40.8 Å². The summed E-state index contributed by atoms with van der Waals surface area (Å²) < 4.78 is 11.0. The Labute approximate surface area is 141 Å². The van der Waals surface area contributed by atoms with E-state index in [0.717, 1.165) is 43.4 Å². The molecule has 0 bridgehead atoms. The molecule has 2 heterocycles. The van der Waals surface area contributed by atoms with E-state index in [1.807, 2.05) is 24.3 Å². The molecule has 0 atom stereocenters. The Balaban J connectivity index is 1.69. The SMILES string of the molecule is N#Cc1ccc(CNCC2(c3ccc(Cl)cc3)CCOCC2)o1. The summed E-state index contributed by atoms with van der Waals surface area (Å²) in [4.78, 5) is 0. The van der Waals surface area contributed by atoms with Crippen LogP contribution in [-0.4, -0.2) is 19.8 Å². The highest BCUT2D eigenvalue weighted by molar-refractivity contribution is 6.30. The summed E-state index contributed by atoms with van der Waals surface area (Å²) in [5, 5.41) is 13.0. The zero-order valence-electron chi connectivity index (χ0n) is 12.8. The highest BCUT2D eigenvalue weighted by atomic mass is 35.5. The van der Waals surface area contributed by atoms with Crippen LogP contribution in [0.2, 0.25) is 5.02 Å². The van der Waals surface area contributed by atoms with Crippen LogP contribution < -0.4 is 5.32 Å². The van der Waals surface area contributed by atoms with Gasteiger partial charge in [-0.3, -0.25) is 0 Å². The average molecular weight is 331 g/mol. The molecule has 1 fully saturated rings. The van der Waals surface area contributed by atoms with E-state index < -0.39 is 0 Å². The van der Waals surface area contributed by atoms with Crippen LogP contribution in [0, 0.1) is 11.3 Å². The van der Waals surface area contributed by atoms with E-state index in [1.165, 1.54) is 5.56 Å². The molecule has 5 heteroatoms. The van der Waals surface area contributed by atoms with Crippen LogP contribution in [0.3, 0.4) is 0 Å². The van der Waals surface area contributed by atoms with E-state index >= 15 is 0 Å². The lowest BCUT2D eigenvalue weighted by Crippen LogP contribution is -2.42. The summed E-state index contributed by atoms with van der Waals surface area (Å²) in [5.41, 5.74) is 1.34. The molecule has 1 saturated heterocycles. The van der Waals surface area contributed by atoms with E-state index in [-0.39, 0.29) is 5.41 Å². The lowest BCUT2D eigenvalue weighted by Gasteiger charge is -2.38. The molecule has 1 aliphatic heterocycles. The van der Waals surface area contributed by atoms with Crippen LogP contribution in [-0.2, 0) is 16.7 Å². The second-order valence-electron chi connectivity index (χ2n) is 5.88. The normalized spacial score (nSPS) is 16.9. The molecule has 1 N–H and O–H groups in total. The third-order valence-corrected chi connectivity index (χ3v) is 4.69. The first-order valence-corrected chi connectivity index (χ1v) is 8.13. The fourth-order valence-electron chi connectivity index (χ4n) is 3.09. The second kappa shape index (κ2) is 7.18. The number of rotatable bonds is 5. The molecule has 0 amide bonds. The number of hydrogen-bond acceptors (Lipinski definition) is 4. The fourth-order valence-corrected chi connectivity index (χ4v) is 3.22. The number of furan rings is 1. The Hall–Kier alpha value is -1.80. The summed E-state index contributed by atoms with van der Waals surface area (Å²) in [6, 6.07) is 13.6. The Morgan fingerprint density at radius 1 is 1.13 bits per heavy atom. The van der Waals surface area contributed by atoms with E-state index in [2.05, 4.69) is 17.4 Å². The van der Waals surface area contributed by atoms with Crippen molar-refractivity contribution in [1.29, 1.82) is 5.26 Å². The van der Waals surface area contributed by atoms with E-state index in [9.17, 15) is 0 Å². The van der Waals surface area contributed by atoms with Crippen molar-refractivity contribution in [2.45, 2.75) is 24.8 Å². The number of nitriles is 1. The molecule has 4 nitrogen and oxygen atoms in total. The highest BCUT2D eigenvalue weighted by Gasteiger charge is 2.34. The quantitative estimate of drug-likeness (QED) is 0.909. The Kier molecular flexibility index (Phi) is 5.02. The highest BCUT2D eigenvalue weighted by Crippen LogP contribution is 2.35. The molecule has 120 valence electrons. The number of nitrogens with zero attached hydrogens (tertiary/aromatic N) is 1. The maximum Gasteiger partial charge on any atom is 0.203 e. The molecule has 3 rings (SSSR count). The van der Waals surface area contributed by atoms with Gasteiger partial charge in [-0.05, 0) is 42.7 Å². The largest absolute Gasteiger partial charge is 0.449 e. The van der Waals surface area contributed by atoms with Crippen molar-refractivity contribution in [3.05, 3.63) is 58.5 Å². The smallest absolute Gasteiger partial charge is 0.203 e. The lowest BCUT2D eigenvalue weighted by molar-refractivity contribution is 0.0496. The maximum atomic E-state index is 8.80. The molecule has 1 aromatic heterocycles. The van der Waals surface area contributed by atoms with Gasteiger partial charge in [-0.25, -0.2) is 0 Å². The predicted molar refractivity (Wildman–Crippen MR) is 88.3 cm³/mol. The zero-order chi connectivity index (χ0) is 16.1. The molecule has 23 heavy (non-hydrogen) atoms. The third-order valence-electron chi connectivity index (χ3n) is 4.44. The molecule has 2 aromatic rings. The minimum atomic E-state index is 0.0491. The molecule has 1 aromatic carbocycles. The van der Waals surface area contributed by atoms with Gasteiger partial charge < -0.3 is 14.5 Å². The van der Waals surface area contributed by atoms with Gasteiger partial charge >= 0.3 is 0 Å². The van der Waals surface area contributed by atoms with Gasteiger partial charge in [0.2, 0.25) is 5.76 Å². The number of nitrogens with one attached hydrogen (secondary N) is 1. The summed E-state index contributed by atoms with van der Waals surface area (Å²) in [5.74, 6) is 1.13. The fraction of sp³-hybridized carbons (Fsp3) is 0.389. The third kappa shape index (κ3) is 3.76. The summed E-state index contributed by atoms with van der Waals surface area (Å²) in [7, 11) is 0. The first-order valence-electron chi connectivity index (χ1n) is 7.75. The molecule has 0 saturated carbocycles. The van der Waals surface area contributed by atoms with Gasteiger partial charge in [0.25, 0.3) is 0 Å². The van der Waals surface area contributed by atoms with Crippen molar-refractivity contribution in [2.75, 3.05) is 19.8 Å². The minimum absolute atomic E-state index is 0.0491. The first kappa shape index (κ1) is 16.1. The minimum Gasteiger partial charge on any atom is -0.449 e. The van der Waals surface area contributed by atoms with Crippen molar-refractivity contribution in [3.8, 4) is 6.07 Å². The van der Waals surface area contributed by atoms with Crippen molar-refractivity contribution < 1.29 is 9.15 Å². The molecule has 0 unspecified atom stereocenters. The Morgan fingerprint density at radius 3 is 2.52 bits per heavy atom.